The maximum absolute atomic E-state index is 14.3. The van der Waals surface area contributed by atoms with Crippen LogP contribution in [0.4, 0.5) is 13.2 Å². The van der Waals surface area contributed by atoms with E-state index in [2.05, 4.69) is 0 Å². The van der Waals surface area contributed by atoms with Gasteiger partial charge in [-0.3, -0.25) is 0 Å². The van der Waals surface area contributed by atoms with Crippen molar-refractivity contribution in [2.24, 2.45) is 5.14 Å². The summed E-state index contributed by atoms with van der Waals surface area (Å²) in [6, 6.07) is 9.31. The Kier molecular flexibility index (Phi) is 3.62. The molecule has 0 bridgehead atoms. The van der Waals surface area contributed by atoms with Crippen molar-refractivity contribution in [2.75, 3.05) is 0 Å². The molecule has 3 nitrogen and oxygen atoms in total. The van der Waals surface area contributed by atoms with Crippen molar-refractivity contribution >= 4 is 20.8 Å². The summed E-state index contributed by atoms with van der Waals surface area (Å²) in [7, 11) is -4.28. The van der Waals surface area contributed by atoms with Crippen molar-refractivity contribution in [2.45, 2.75) is 4.90 Å². The summed E-state index contributed by atoms with van der Waals surface area (Å²) >= 11 is 0. The lowest BCUT2D eigenvalue weighted by molar-refractivity contribution is 0.585. The van der Waals surface area contributed by atoms with Crippen molar-refractivity contribution < 1.29 is 21.6 Å². The van der Waals surface area contributed by atoms with Crippen LogP contribution in [0, 0.1) is 17.5 Å². The quantitative estimate of drug-likeness (QED) is 0.777. The highest BCUT2D eigenvalue weighted by molar-refractivity contribution is 7.89. The number of benzene rings is 3. The van der Waals surface area contributed by atoms with Crippen LogP contribution in [0.15, 0.2) is 53.4 Å². The van der Waals surface area contributed by atoms with E-state index in [1.165, 1.54) is 24.3 Å². The molecular weight excluding hydrogens is 327 g/mol. The van der Waals surface area contributed by atoms with Crippen molar-refractivity contribution in [3.63, 3.8) is 0 Å². The van der Waals surface area contributed by atoms with Gasteiger partial charge in [0.15, 0.2) is 0 Å². The molecule has 0 amide bonds. The first-order valence-electron chi connectivity index (χ1n) is 6.48. The first kappa shape index (κ1) is 15.5. The molecule has 0 unspecified atom stereocenters. The third-order valence-corrected chi connectivity index (χ3v) is 4.46. The standard InChI is InChI=1S/C16H10F3NO2S/c17-9-5-6-11(14(18)7-9)13-8-15(19)10-3-1-2-4-12(10)16(13)23(20,21)22/h1-8H,(H2,20,21,22). The van der Waals surface area contributed by atoms with Gasteiger partial charge in [-0.15, -0.1) is 0 Å². The van der Waals surface area contributed by atoms with Gasteiger partial charge in [-0.2, -0.15) is 0 Å². The van der Waals surface area contributed by atoms with Gasteiger partial charge in [0, 0.05) is 28.0 Å². The van der Waals surface area contributed by atoms with Gasteiger partial charge in [-0.25, -0.2) is 26.7 Å². The minimum atomic E-state index is -4.28. The van der Waals surface area contributed by atoms with Crippen LogP contribution in [-0.2, 0) is 10.0 Å². The summed E-state index contributed by atoms with van der Waals surface area (Å²) < 4.78 is 65.4. The zero-order chi connectivity index (χ0) is 16.8. The molecule has 0 aliphatic heterocycles. The van der Waals surface area contributed by atoms with Crippen LogP contribution in [0.1, 0.15) is 0 Å². The van der Waals surface area contributed by atoms with Crippen LogP contribution >= 0.6 is 0 Å². The number of hydrogen-bond donors (Lipinski definition) is 1. The van der Waals surface area contributed by atoms with Crippen LogP contribution in [0.2, 0.25) is 0 Å². The molecule has 3 aromatic rings. The lowest BCUT2D eigenvalue weighted by atomic mass is 10.00. The summed E-state index contributed by atoms with van der Waals surface area (Å²) in [5, 5.41) is 5.32. The van der Waals surface area contributed by atoms with E-state index in [-0.39, 0.29) is 21.9 Å². The van der Waals surface area contributed by atoms with Gasteiger partial charge in [0.25, 0.3) is 0 Å². The number of rotatable bonds is 2. The summed E-state index contributed by atoms with van der Waals surface area (Å²) in [5.41, 5.74) is -0.499. The molecule has 0 aromatic heterocycles. The molecule has 3 rings (SSSR count). The Morgan fingerprint density at radius 3 is 2.04 bits per heavy atom. The van der Waals surface area contributed by atoms with Gasteiger partial charge in [-0.1, -0.05) is 24.3 Å². The largest absolute Gasteiger partial charge is 0.239 e. The SMILES string of the molecule is NS(=O)(=O)c1c(-c2ccc(F)cc2F)cc(F)c2ccccc12. The number of sulfonamides is 1. The van der Waals surface area contributed by atoms with Gasteiger partial charge in [0.2, 0.25) is 10.0 Å². The molecular formula is C16H10F3NO2S. The lowest BCUT2D eigenvalue weighted by Gasteiger charge is -2.13. The van der Waals surface area contributed by atoms with Crippen molar-refractivity contribution in [1.29, 1.82) is 0 Å². The van der Waals surface area contributed by atoms with Crippen LogP contribution < -0.4 is 5.14 Å². The van der Waals surface area contributed by atoms with Gasteiger partial charge < -0.3 is 0 Å². The number of hydrogen-bond acceptors (Lipinski definition) is 2. The second-order valence-corrected chi connectivity index (χ2v) is 6.45. The fraction of sp³-hybridized carbons (Fsp3) is 0. The van der Waals surface area contributed by atoms with Gasteiger partial charge in [-0.05, 0) is 18.2 Å². The number of primary sulfonamides is 1. The molecule has 2 N–H and O–H groups in total. The molecule has 0 spiro atoms. The minimum Gasteiger partial charge on any atom is -0.225 e. The van der Waals surface area contributed by atoms with Gasteiger partial charge in [0.1, 0.15) is 17.5 Å². The highest BCUT2D eigenvalue weighted by Gasteiger charge is 2.23. The molecule has 0 aliphatic carbocycles. The zero-order valence-electron chi connectivity index (χ0n) is 11.6. The van der Waals surface area contributed by atoms with Crippen LogP contribution in [0.3, 0.4) is 0 Å². The van der Waals surface area contributed by atoms with E-state index in [0.717, 1.165) is 18.2 Å². The zero-order valence-corrected chi connectivity index (χ0v) is 12.4. The molecule has 0 fully saturated rings. The topological polar surface area (TPSA) is 60.2 Å². The number of nitrogens with two attached hydrogens (primary N) is 1. The maximum atomic E-state index is 14.3. The molecule has 0 radical (unpaired) electrons. The summed E-state index contributed by atoms with van der Waals surface area (Å²) in [6.45, 7) is 0. The molecule has 118 valence electrons. The fourth-order valence-electron chi connectivity index (χ4n) is 2.52. The molecule has 23 heavy (non-hydrogen) atoms. The van der Waals surface area contributed by atoms with E-state index in [9.17, 15) is 21.6 Å². The smallest absolute Gasteiger partial charge is 0.225 e. The number of halogens is 3. The predicted molar refractivity (Wildman–Crippen MR) is 80.6 cm³/mol. The van der Waals surface area contributed by atoms with Crippen molar-refractivity contribution in [3.05, 3.63) is 66.0 Å². The lowest BCUT2D eigenvalue weighted by Crippen LogP contribution is -2.14. The molecule has 0 saturated heterocycles. The Balaban J connectivity index is 2.50. The van der Waals surface area contributed by atoms with E-state index < -0.39 is 32.4 Å². The van der Waals surface area contributed by atoms with Crippen LogP contribution in [0.25, 0.3) is 21.9 Å². The van der Waals surface area contributed by atoms with Crippen LogP contribution in [0.5, 0.6) is 0 Å². The van der Waals surface area contributed by atoms with Crippen molar-refractivity contribution in [3.8, 4) is 11.1 Å². The van der Waals surface area contributed by atoms with Crippen molar-refractivity contribution in [1.82, 2.24) is 0 Å². The first-order valence-corrected chi connectivity index (χ1v) is 8.03. The average molecular weight is 337 g/mol. The minimum absolute atomic E-state index is 0.0359. The molecule has 7 heteroatoms. The molecule has 0 aliphatic rings. The highest BCUT2D eigenvalue weighted by atomic mass is 32.2. The van der Waals surface area contributed by atoms with E-state index >= 15 is 0 Å². The van der Waals surface area contributed by atoms with Crippen LogP contribution in [-0.4, -0.2) is 8.42 Å². The predicted octanol–water partition coefficient (Wildman–Crippen LogP) is 3.57. The third kappa shape index (κ3) is 2.69. The summed E-state index contributed by atoms with van der Waals surface area (Å²) in [6.07, 6.45) is 0. The molecule has 0 atom stereocenters. The summed E-state index contributed by atoms with van der Waals surface area (Å²) in [5.74, 6) is -2.57. The fourth-order valence-corrected chi connectivity index (χ4v) is 3.48. The second-order valence-electron chi connectivity index (χ2n) is 4.95. The Bertz CT molecular complexity index is 1030. The normalized spacial score (nSPS) is 11.8. The Morgan fingerprint density at radius 1 is 0.783 bits per heavy atom. The molecule has 0 saturated carbocycles. The monoisotopic (exact) mass is 337 g/mol. The van der Waals surface area contributed by atoms with E-state index in [1.807, 2.05) is 0 Å². The average Bonchev–Trinajstić information content (AvgIpc) is 2.45. The maximum Gasteiger partial charge on any atom is 0.239 e. The second kappa shape index (κ2) is 5.36. The van der Waals surface area contributed by atoms with Gasteiger partial charge >= 0.3 is 0 Å². The Labute approximate surface area is 130 Å². The molecule has 3 aromatic carbocycles. The third-order valence-electron chi connectivity index (χ3n) is 3.45. The van der Waals surface area contributed by atoms with E-state index in [1.54, 1.807) is 0 Å². The Hall–Kier alpha value is -2.38. The first-order chi connectivity index (χ1) is 10.8. The highest BCUT2D eigenvalue weighted by Crippen LogP contribution is 2.36. The number of fused-ring (bicyclic) bond motifs is 1. The van der Waals surface area contributed by atoms with Gasteiger partial charge in [0.05, 0.1) is 4.90 Å². The summed E-state index contributed by atoms with van der Waals surface area (Å²) in [4.78, 5) is -0.403. The van der Waals surface area contributed by atoms with E-state index in [0.29, 0.717) is 6.07 Å². The molecule has 0 heterocycles. The van der Waals surface area contributed by atoms with E-state index in [4.69, 9.17) is 5.14 Å². The Morgan fingerprint density at radius 2 is 1.43 bits per heavy atom.